The van der Waals surface area contributed by atoms with E-state index in [2.05, 4.69) is 38.5 Å². The van der Waals surface area contributed by atoms with Crippen molar-refractivity contribution < 1.29 is 0 Å². The lowest BCUT2D eigenvalue weighted by Gasteiger charge is -2.32. The summed E-state index contributed by atoms with van der Waals surface area (Å²) < 4.78 is 2.31. The molecule has 23 heavy (non-hydrogen) atoms. The van der Waals surface area contributed by atoms with Gasteiger partial charge in [-0.3, -0.25) is 0 Å². The van der Waals surface area contributed by atoms with Crippen LogP contribution < -0.4 is 4.90 Å². The van der Waals surface area contributed by atoms with Gasteiger partial charge >= 0.3 is 0 Å². The van der Waals surface area contributed by atoms with Gasteiger partial charge in [0.25, 0.3) is 0 Å². The maximum atomic E-state index is 4.72. The molecule has 1 aliphatic heterocycles. The Kier molecular flexibility index (Phi) is 3.75. The third-order valence-corrected chi connectivity index (χ3v) is 4.90. The number of nitrogens with zero attached hydrogens (tertiary/aromatic N) is 6. The first-order valence-corrected chi connectivity index (χ1v) is 8.69. The van der Waals surface area contributed by atoms with Gasteiger partial charge in [0.15, 0.2) is 0 Å². The number of hydrogen-bond acceptors (Lipinski definition) is 5. The van der Waals surface area contributed by atoms with Crippen molar-refractivity contribution in [2.45, 2.75) is 57.4 Å². The van der Waals surface area contributed by atoms with Gasteiger partial charge < -0.3 is 9.47 Å². The van der Waals surface area contributed by atoms with Crippen LogP contribution in [0.3, 0.4) is 0 Å². The molecule has 0 bridgehead atoms. The van der Waals surface area contributed by atoms with Gasteiger partial charge in [-0.05, 0) is 31.7 Å². The average Bonchev–Trinajstić information content (AvgIpc) is 3.32. The summed E-state index contributed by atoms with van der Waals surface area (Å²) in [6.07, 6.45) is 8.59. The van der Waals surface area contributed by atoms with Gasteiger partial charge in [-0.1, -0.05) is 13.8 Å². The first-order valence-electron chi connectivity index (χ1n) is 8.69. The second kappa shape index (κ2) is 5.91. The molecule has 4 rings (SSSR count). The van der Waals surface area contributed by atoms with E-state index < -0.39 is 0 Å². The zero-order valence-corrected chi connectivity index (χ0v) is 13.9. The Bertz CT molecular complexity index is 667. The normalized spacial score (nSPS) is 19.5. The molecule has 3 heterocycles. The number of piperidine rings is 1. The summed E-state index contributed by atoms with van der Waals surface area (Å²) in [5.41, 5.74) is 0. The minimum absolute atomic E-state index is 0.365. The summed E-state index contributed by atoms with van der Waals surface area (Å²) in [4.78, 5) is 11.5. The zero-order chi connectivity index (χ0) is 15.8. The van der Waals surface area contributed by atoms with E-state index in [1.54, 1.807) is 0 Å². The molecule has 1 aliphatic carbocycles. The maximum absolute atomic E-state index is 4.72. The summed E-state index contributed by atoms with van der Waals surface area (Å²) in [6.45, 7) is 6.32. The van der Waals surface area contributed by atoms with Gasteiger partial charge in [0.2, 0.25) is 0 Å². The standard InChI is InChI=1S/C17H24N6/c1-12(2)16-18-8-5-15(20-16)22-9-6-13(7-10-22)17-21-19-11-23(17)14-3-4-14/h5,8,11-14H,3-4,6-7,9-10H2,1-2H3. The molecule has 2 aliphatic rings. The fourth-order valence-electron chi connectivity index (χ4n) is 3.36. The molecule has 6 heteroatoms. The van der Waals surface area contributed by atoms with Crippen LogP contribution in [0.2, 0.25) is 0 Å². The summed E-state index contributed by atoms with van der Waals surface area (Å²) in [5, 5.41) is 8.55. The summed E-state index contributed by atoms with van der Waals surface area (Å²) in [6, 6.07) is 2.69. The van der Waals surface area contributed by atoms with E-state index in [0.717, 1.165) is 37.6 Å². The second-order valence-electron chi connectivity index (χ2n) is 7.02. The fraction of sp³-hybridized carbons (Fsp3) is 0.647. The van der Waals surface area contributed by atoms with Crippen molar-refractivity contribution in [1.82, 2.24) is 24.7 Å². The molecular formula is C17H24N6. The Hall–Kier alpha value is -1.98. The zero-order valence-electron chi connectivity index (χ0n) is 13.9. The Morgan fingerprint density at radius 3 is 2.61 bits per heavy atom. The third kappa shape index (κ3) is 2.94. The van der Waals surface area contributed by atoms with Crippen molar-refractivity contribution in [3.8, 4) is 0 Å². The molecule has 0 N–H and O–H groups in total. The van der Waals surface area contributed by atoms with Crippen LogP contribution in [0.25, 0.3) is 0 Å². The maximum Gasteiger partial charge on any atom is 0.136 e. The van der Waals surface area contributed by atoms with Gasteiger partial charge in [0, 0.05) is 37.2 Å². The van der Waals surface area contributed by atoms with Crippen LogP contribution in [0.5, 0.6) is 0 Å². The van der Waals surface area contributed by atoms with Crippen molar-refractivity contribution in [3.05, 3.63) is 30.2 Å². The van der Waals surface area contributed by atoms with E-state index >= 15 is 0 Å². The predicted molar refractivity (Wildman–Crippen MR) is 88.6 cm³/mol. The highest BCUT2D eigenvalue weighted by molar-refractivity contribution is 5.38. The van der Waals surface area contributed by atoms with Crippen LogP contribution in [-0.4, -0.2) is 37.8 Å². The first kappa shape index (κ1) is 14.6. The molecule has 2 aromatic heterocycles. The van der Waals surface area contributed by atoms with Gasteiger partial charge in [0.05, 0.1) is 0 Å². The lowest BCUT2D eigenvalue weighted by Crippen LogP contribution is -2.34. The SMILES string of the molecule is CC(C)c1nccc(N2CCC(c3nncn3C3CC3)CC2)n1. The number of rotatable bonds is 4. The summed E-state index contributed by atoms with van der Waals surface area (Å²) in [5.74, 6) is 4.08. The lowest BCUT2D eigenvalue weighted by atomic mass is 9.96. The summed E-state index contributed by atoms with van der Waals surface area (Å²) >= 11 is 0. The van der Waals surface area contributed by atoms with Crippen molar-refractivity contribution in [3.63, 3.8) is 0 Å². The van der Waals surface area contributed by atoms with Crippen LogP contribution in [0.4, 0.5) is 5.82 Å². The van der Waals surface area contributed by atoms with Crippen LogP contribution in [-0.2, 0) is 0 Å². The van der Waals surface area contributed by atoms with E-state index in [9.17, 15) is 0 Å². The van der Waals surface area contributed by atoms with E-state index in [1.165, 1.54) is 18.7 Å². The molecule has 1 saturated carbocycles. The molecule has 2 aromatic rings. The Labute approximate surface area is 137 Å². The highest BCUT2D eigenvalue weighted by Gasteiger charge is 2.31. The Morgan fingerprint density at radius 1 is 1.13 bits per heavy atom. The fourth-order valence-corrected chi connectivity index (χ4v) is 3.36. The first-order chi connectivity index (χ1) is 11.2. The number of anilines is 1. The lowest BCUT2D eigenvalue weighted by molar-refractivity contribution is 0.463. The van der Waals surface area contributed by atoms with E-state index in [-0.39, 0.29) is 0 Å². The second-order valence-corrected chi connectivity index (χ2v) is 7.02. The molecule has 0 atom stereocenters. The molecule has 2 fully saturated rings. The van der Waals surface area contributed by atoms with E-state index in [0.29, 0.717) is 17.9 Å². The van der Waals surface area contributed by atoms with Crippen LogP contribution in [0.1, 0.15) is 69.1 Å². The molecule has 122 valence electrons. The third-order valence-electron chi connectivity index (χ3n) is 4.90. The smallest absolute Gasteiger partial charge is 0.136 e. The van der Waals surface area contributed by atoms with Crippen LogP contribution in [0.15, 0.2) is 18.6 Å². The molecular weight excluding hydrogens is 288 g/mol. The molecule has 0 unspecified atom stereocenters. The molecule has 0 radical (unpaired) electrons. The van der Waals surface area contributed by atoms with Gasteiger partial charge in [-0.25, -0.2) is 9.97 Å². The van der Waals surface area contributed by atoms with Gasteiger partial charge in [-0.2, -0.15) is 0 Å². The highest BCUT2D eigenvalue weighted by atomic mass is 15.3. The van der Waals surface area contributed by atoms with E-state index in [1.807, 2.05) is 18.6 Å². The molecule has 0 spiro atoms. The minimum Gasteiger partial charge on any atom is -0.356 e. The predicted octanol–water partition coefficient (Wildman–Crippen LogP) is 2.91. The van der Waals surface area contributed by atoms with Gasteiger partial charge in [0.1, 0.15) is 23.8 Å². The number of hydrogen-bond donors (Lipinski definition) is 0. The molecule has 0 amide bonds. The van der Waals surface area contributed by atoms with Crippen molar-refractivity contribution in [2.24, 2.45) is 0 Å². The van der Waals surface area contributed by atoms with Gasteiger partial charge in [-0.15, -0.1) is 10.2 Å². The molecule has 6 nitrogen and oxygen atoms in total. The number of aromatic nitrogens is 5. The highest BCUT2D eigenvalue weighted by Crippen LogP contribution is 2.38. The largest absolute Gasteiger partial charge is 0.356 e. The van der Waals surface area contributed by atoms with E-state index in [4.69, 9.17) is 4.98 Å². The monoisotopic (exact) mass is 312 g/mol. The van der Waals surface area contributed by atoms with Crippen molar-refractivity contribution in [1.29, 1.82) is 0 Å². The quantitative estimate of drug-likeness (QED) is 0.868. The van der Waals surface area contributed by atoms with Crippen molar-refractivity contribution in [2.75, 3.05) is 18.0 Å². The average molecular weight is 312 g/mol. The minimum atomic E-state index is 0.365. The Morgan fingerprint density at radius 2 is 1.91 bits per heavy atom. The van der Waals surface area contributed by atoms with Crippen LogP contribution >= 0.6 is 0 Å². The Balaban J connectivity index is 1.44. The summed E-state index contributed by atoms with van der Waals surface area (Å²) in [7, 11) is 0. The molecule has 1 saturated heterocycles. The van der Waals surface area contributed by atoms with Crippen LogP contribution in [0, 0.1) is 0 Å². The molecule has 0 aromatic carbocycles. The van der Waals surface area contributed by atoms with Crippen molar-refractivity contribution >= 4 is 5.82 Å². The topological polar surface area (TPSA) is 59.7 Å².